The van der Waals surface area contributed by atoms with Gasteiger partial charge in [0.1, 0.15) is 34.9 Å². The molecule has 0 fully saturated rings. The van der Waals surface area contributed by atoms with Crippen LogP contribution in [0.4, 0.5) is 0 Å². The summed E-state index contributed by atoms with van der Waals surface area (Å²) in [6.07, 6.45) is 3.04. The van der Waals surface area contributed by atoms with E-state index in [1.807, 2.05) is 24.3 Å². The van der Waals surface area contributed by atoms with E-state index in [0.29, 0.717) is 22.6 Å². The average molecular weight is 485 g/mol. The van der Waals surface area contributed by atoms with E-state index >= 15 is 0 Å². The first-order valence-electron chi connectivity index (χ1n) is 11.2. The predicted molar refractivity (Wildman–Crippen MR) is 135 cm³/mol. The van der Waals surface area contributed by atoms with Gasteiger partial charge in [0.2, 0.25) is 0 Å². The Labute approximate surface area is 207 Å². The summed E-state index contributed by atoms with van der Waals surface area (Å²) in [5, 5.41) is 49.9. The first-order valence-corrected chi connectivity index (χ1v) is 11.2. The molecule has 0 radical (unpaired) electrons. The second-order valence-corrected chi connectivity index (χ2v) is 8.60. The molecule has 182 valence electrons. The Morgan fingerprint density at radius 1 is 0.694 bits per heavy atom. The number of methoxy groups -OCH3 is 1. The van der Waals surface area contributed by atoms with Gasteiger partial charge >= 0.3 is 0 Å². The third kappa shape index (κ3) is 4.34. The molecule has 0 aromatic heterocycles. The van der Waals surface area contributed by atoms with E-state index in [-0.39, 0.29) is 34.7 Å². The van der Waals surface area contributed by atoms with E-state index in [4.69, 9.17) is 9.47 Å². The third-order valence-electron chi connectivity index (χ3n) is 6.22. The molecule has 7 nitrogen and oxygen atoms in total. The average Bonchev–Trinajstić information content (AvgIpc) is 3.22. The number of ether oxygens (including phenoxy) is 2. The van der Waals surface area contributed by atoms with Crippen LogP contribution < -0.4 is 9.47 Å². The molecule has 0 bridgehead atoms. The van der Waals surface area contributed by atoms with Gasteiger partial charge in [0.25, 0.3) is 0 Å². The van der Waals surface area contributed by atoms with E-state index in [1.165, 1.54) is 31.4 Å². The Hall–Kier alpha value is -4.78. The minimum Gasteiger partial charge on any atom is -0.508 e. The molecular formula is C29H24O7. The molecule has 5 N–H and O–H groups in total. The van der Waals surface area contributed by atoms with Crippen LogP contribution in [0.5, 0.6) is 40.2 Å². The molecular weight excluding hydrogens is 460 g/mol. The van der Waals surface area contributed by atoms with Gasteiger partial charge in [-0.1, -0.05) is 30.4 Å². The molecule has 4 aromatic carbocycles. The van der Waals surface area contributed by atoms with Crippen molar-refractivity contribution in [3.05, 3.63) is 101 Å². The molecule has 0 aliphatic carbocycles. The van der Waals surface area contributed by atoms with E-state index in [1.54, 1.807) is 36.4 Å². The van der Waals surface area contributed by atoms with Crippen LogP contribution in [-0.2, 0) is 0 Å². The van der Waals surface area contributed by atoms with Gasteiger partial charge in [0.05, 0.1) is 13.0 Å². The zero-order chi connectivity index (χ0) is 25.4. The lowest BCUT2D eigenvalue weighted by Gasteiger charge is -2.21. The minimum atomic E-state index is -0.518. The Balaban J connectivity index is 1.56. The van der Waals surface area contributed by atoms with Crippen molar-refractivity contribution >= 4 is 12.2 Å². The van der Waals surface area contributed by atoms with E-state index in [2.05, 4.69) is 0 Å². The minimum absolute atomic E-state index is 0.00761. The summed E-state index contributed by atoms with van der Waals surface area (Å²) in [4.78, 5) is 0. The summed E-state index contributed by atoms with van der Waals surface area (Å²) in [5.41, 5.74) is 3.65. The highest BCUT2D eigenvalue weighted by atomic mass is 16.5. The molecule has 0 spiro atoms. The van der Waals surface area contributed by atoms with Gasteiger partial charge in [0.15, 0.2) is 11.5 Å². The number of phenols is 5. The molecule has 0 saturated carbocycles. The van der Waals surface area contributed by atoms with Crippen molar-refractivity contribution < 1.29 is 35.0 Å². The highest BCUT2D eigenvalue weighted by molar-refractivity contribution is 5.74. The molecule has 0 unspecified atom stereocenters. The monoisotopic (exact) mass is 484 g/mol. The van der Waals surface area contributed by atoms with Gasteiger partial charge in [-0.15, -0.1) is 0 Å². The largest absolute Gasteiger partial charge is 0.508 e. The Kier molecular flexibility index (Phi) is 5.82. The van der Waals surface area contributed by atoms with Crippen molar-refractivity contribution in [2.45, 2.75) is 12.0 Å². The standard InChI is InChI=1S/C29H24O7/c1-35-27-13-18(6-9-24(27)33)29-28(19-11-21(31)14-22(32)12-19)23-8-3-16(10-26(23)36-29)2-4-17-5-7-20(30)15-25(17)34/h2-15,28-34H,1H3/t28-,29+/m0/s1. The van der Waals surface area contributed by atoms with E-state index in [0.717, 1.165) is 16.7 Å². The van der Waals surface area contributed by atoms with Crippen LogP contribution in [0.25, 0.3) is 12.2 Å². The third-order valence-corrected chi connectivity index (χ3v) is 6.22. The maximum Gasteiger partial charge on any atom is 0.160 e. The van der Waals surface area contributed by atoms with Crippen LogP contribution in [0, 0.1) is 0 Å². The van der Waals surface area contributed by atoms with Crippen molar-refractivity contribution in [3.8, 4) is 40.2 Å². The maximum absolute atomic E-state index is 10.1. The fourth-order valence-corrected chi connectivity index (χ4v) is 4.52. The lowest BCUT2D eigenvalue weighted by atomic mass is 9.84. The number of hydrogen-bond acceptors (Lipinski definition) is 7. The van der Waals surface area contributed by atoms with Gasteiger partial charge in [-0.3, -0.25) is 0 Å². The zero-order valence-corrected chi connectivity index (χ0v) is 19.3. The van der Waals surface area contributed by atoms with Crippen molar-refractivity contribution in [3.63, 3.8) is 0 Å². The van der Waals surface area contributed by atoms with Crippen LogP contribution in [0.1, 0.15) is 39.8 Å². The van der Waals surface area contributed by atoms with Crippen LogP contribution in [-0.4, -0.2) is 32.6 Å². The number of hydrogen-bond donors (Lipinski definition) is 5. The molecule has 1 heterocycles. The van der Waals surface area contributed by atoms with Gasteiger partial charge in [-0.2, -0.15) is 0 Å². The molecule has 5 rings (SSSR count). The fourth-order valence-electron chi connectivity index (χ4n) is 4.52. The van der Waals surface area contributed by atoms with Gasteiger partial charge in [-0.05, 0) is 59.2 Å². The fraction of sp³-hybridized carbons (Fsp3) is 0.103. The molecule has 0 saturated heterocycles. The number of fused-ring (bicyclic) bond motifs is 1. The molecule has 4 aromatic rings. The van der Waals surface area contributed by atoms with Crippen molar-refractivity contribution in [2.75, 3.05) is 7.11 Å². The Bertz CT molecular complexity index is 1450. The number of aromatic hydroxyl groups is 5. The smallest absolute Gasteiger partial charge is 0.160 e. The highest BCUT2D eigenvalue weighted by Crippen LogP contribution is 2.51. The van der Waals surface area contributed by atoms with Crippen LogP contribution >= 0.6 is 0 Å². The van der Waals surface area contributed by atoms with Gasteiger partial charge in [0, 0.05) is 23.3 Å². The molecule has 1 aliphatic rings. The maximum atomic E-state index is 10.1. The summed E-state index contributed by atoms with van der Waals surface area (Å²) in [6, 6.07) is 19.5. The summed E-state index contributed by atoms with van der Waals surface area (Å²) in [7, 11) is 1.47. The zero-order valence-electron chi connectivity index (χ0n) is 19.3. The molecule has 36 heavy (non-hydrogen) atoms. The SMILES string of the molecule is COc1cc([C@H]2Oc3cc(C=Cc4ccc(O)cc4O)ccc3[C@@H]2c2cc(O)cc(O)c2)ccc1O. The van der Waals surface area contributed by atoms with Gasteiger partial charge in [-0.25, -0.2) is 0 Å². The normalized spacial score (nSPS) is 16.6. The second kappa shape index (κ2) is 9.11. The van der Waals surface area contributed by atoms with Gasteiger partial charge < -0.3 is 35.0 Å². The Morgan fingerprint density at radius 2 is 1.47 bits per heavy atom. The van der Waals surface area contributed by atoms with E-state index in [9.17, 15) is 25.5 Å². The summed E-state index contributed by atoms with van der Waals surface area (Å²) < 4.78 is 11.7. The lowest BCUT2D eigenvalue weighted by molar-refractivity contribution is 0.221. The molecule has 0 amide bonds. The first-order chi connectivity index (χ1) is 17.3. The summed E-state index contributed by atoms with van der Waals surface area (Å²) in [5.74, 6) is 0.409. The Morgan fingerprint density at radius 3 is 2.19 bits per heavy atom. The number of phenolic OH excluding ortho intramolecular Hbond substituents is 5. The molecule has 2 atom stereocenters. The number of benzene rings is 4. The van der Waals surface area contributed by atoms with E-state index < -0.39 is 6.10 Å². The topological polar surface area (TPSA) is 120 Å². The quantitative estimate of drug-likeness (QED) is 0.232. The van der Waals surface area contributed by atoms with Crippen LogP contribution in [0.3, 0.4) is 0 Å². The first kappa shape index (κ1) is 23.0. The van der Waals surface area contributed by atoms with Crippen LogP contribution in [0.2, 0.25) is 0 Å². The predicted octanol–water partition coefficient (Wildman–Crippen LogP) is 5.66. The lowest BCUT2D eigenvalue weighted by Crippen LogP contribution is -2.11. The molecule has 7 heteroatoms. The van der Waals surface area contributed by atoms with Crippen molar-refractivity contribution in [1.82, 2.24) is 0 Å². The second-order valence-electron chi connectivity index (χ2n) is 8.60. The summed E-state index contributed by atoms with van der Waals surface area (Å²) in [6.45, 7) is 0. The highest BCUT2D eigenvalue weighted by Gasteiger charge is 2.37. The van der Waals surface area contributed by atoms with Crippen molar-refractivity contribution in [2.24, 2.45) is 0 Å². The number of rotatable bonds is 5. The summed E-state index contributed by atoms with van der Waals surface area (Å²) >= 11 is 0. The van der Waals surface area contributed by atoms with Crippen molar-refractivity contribution in [1.29, 1.82) is 0 Å². The van der Waals surface area contributed by atoms with Crippen LogP contribution in [0.15, 0.2) is 72.8 Å². The molecule has 1 aliphatic heterocycles.